The molecule has 0 radical (unpaired) electrons. The minimum absolute atomic E-state index is 0.0787. The van der Waals surface area contributed by atoms with E-state index in [9.17, 15) is 10.1 Å². The van der Waals surface area contributed by atoms with E-state index in [1.165, 1.54) is 9.64 Å². The first kappa shape index (κ1) is 15.8. The van der Waals surface area contributed by atoms with Crippen LogP contribution in [0.15, 0.2) is 48.5 Å². The molecular weight excluding hydrogens is 379 g/mol. The lowest BCUT2D eigenvalue weighted by Gasteiger charge is -2.20. The van der Waals surface area contributed by atoms with E-state index in [1.807, 2.05) is 30.3 Å². The molecule has 1 unspecified atom stereocenters. The second kappa shape index (κ2) is 7.40. The highest BCUT2D eigenvalue weighted by molar-refractivity contribution is 14.1. The molecule has 1 N–H and O–H groups in total. The zero-order valence-corrected chi connectivity index (χ0v) is 13.9. The zero-order chi connectivity index (χ0) is 15.2. The Kier molecular flexibility index (Phi) is 5.55. The first-order chi connectivity index (χ1) is 10.1. The van der Waals surface area contributed by atoms with E-state index in [4.69, 9.17) is 0 Å². The number of non-ortho nitro benzene ring substituents is 1. The number of nitrogens with one attached hydrogen (secondary N) is 1. The molecule has 110 valence electrons. The van der Waals surface area contributed by atoms with Crippen LogP contribution in [0.5, 0.6) is 0 Å². The molecule has 0 spiro atoms. The van der Waals surface area contributed by atoms with Gasteiger partial charge in [-0.3, -0.25) is 10.1 Å². The maximum Gasteiger partial charge on any atom is 0.269 e. The molecule has 0 amide bonds. The third kappa shape index (κ3) is 4.42. The summed E-state index contributed by atoms with van der Waals surface area (Å²) >= 11 is 2.27. The Morgan fingerprint density at radius 2 is 1.95 bits per heavy atom. The van der Waals surface area contributed by atoms with Crippen molar-refractivity contribution in [1.29, 1.82) is 0 Å². The van der Waals surface area contributed by atoms with Gasteiger partial charge in [-0.25, -0.2) is 0 Å². The lowest BCUT2D eigenvalue weighted by molar-refractivity contribution is -0.384. The van der Waals surface area contributed by atoms with Gasteiger partial charge >= 0.3 is 0 Å². The molecule has 21 heavy (non-hydrogen) atoms. The smallest absolute Gasteiger partial charge is 0.269 e. The summed E-state index contributed by atoms with van der Waals surface area (Å²) in [4.78, 5) is 10.6. The van der Waals surface area contributed by atoms with Gasteiger partial charge in [0.1, 0.15) is 0 Å². The van der Waals surface area contributed by atoms with Crippen LogP contribution in [0.25, 0.3) is 0 Å². The van der Waals surface area contributed by atoms with E-state index in [0.29, 0.717) is 0 Å². The molecule has 1 atom stereocenters. The van der Waals surface area contributed by atoms with Crippen LogP contribution in [0.4, 0.5) is 11.4 Å². The highest BCUT2D eigenvalue weighted by atomic mass is 127. The number of anilines is 1. The van der Waals surface area contributed by atoms with Crippen molar-refractivity contribution in [2.24, 2.45) is 0 Å². The van der Waals surface area contributed by atoms with Gasteiger partial charge in [0.2, 0.25) is 0 Å². The maximum atomic E-state index is 10.9. The van der Waals surface area contributed by atoms with Gasteiger partial charge in [-0.15, -0.1) is 0 Å². The lowest BCUT2D eigenvalue weighted by Crippen LogP contribution is -2.10. The number of nitro groups is 1. The summed E-state index contributed by atoms with van der Waals surface area (Å²) in [6.07, 6.45) is 1.93. The van der Waals surface area contributed by atoms with E-state index < -0.39 is 0 Å². The van der Waals surface area contributed by atoms with Gasteiger partial charge in [0.15, 0.2) is 0 Å². The van der Waals surface area contributed by atoms with Crippen LogP contribution in [0.3, 0.4) is 0 Å². The standard InChI is InChI=1S/C16H17IN2O2/c1-2-4-16(18-14-9-7-13(17)8-10-14)12-5-3-6-15(11-12)19(20)21/h3,5-11,16,18H,2,4H2,1H3. The van der Waals surface area contributed by atoms with E-state index >= 15 is 0 Å². The third-order valence-corrected chi connectivity index (χ3v) is 3.97. The molecule has 0 heterocycles. The van der Waals surface area contributed by atoms with Crippen LogP contribution in [0, 0.1) is 13.7 Å². The predicted molar refractivity (Wildman–Crippen MR) is 93.5 cm³/mol. The van der Waals surface area contributed by atoms with Crippen molar-refractivity contribution in [2.75, 3.05) is 5.32 Å². The number of nitro benzene ring substituents is 1. The fourth-order valence-corrected chi connectivity index (χ4v) is 2.57. The topological polar surface area (TPSA) is 55.2 Å². The van der Waals surface area contributed by atoms with Crippen LogP contribution in [0.2, 0.25) is 0 Å². The van der Waals surface area contributed by atoms with Gasteiger partial charge in [-0.05, 0) is 58.8 Å². The molecule has 0 aliphatic carbocycles. The molecule has 0 fully saturated rings. The summed E-state index contributed by atoms with van der Waals surface area (Å²) in [5.74, 6) is 0. The van der Waals surface area contributed by atoms with Crippen molar-refractivity contribution in [3.05, 3.63) is 67.8 Å². The van der Waals surface area contributed by atoms with Crippen LogP contribution in [-0.4, -0.2) is 4.92 Å². The molecule has 4 nitrogen and oxygen atoms in total. The Hall–Kier alpha value is -1.63. The Bertz CT molecular complexity index is 614. The summed E-state index contributed by atoms with van der Waals surface area (Å²) in [6.45, 7) is 2.11. The first-order valence-electron chi connectivity index (χ1n) is 6.86. The van der Waals surface area contributed by atoms with Crippen LogP contribution in [0.1, 0.15) is 31.4 Å². The zero-order valence-electron chi connectivity index (χ0n) is 11.8. The summed E-state index contributed by atoms with van der Waals surface area (Å²) in [6, 6.07) is 15.1. The number of benzene rings is 2. The van der Waals surface area contributed by atoms with Crippen molar-refractivity contribution in [3.63, 3.8) is 0 Å². The summed E-state index contributed by atoms with van der Waals surface area (Å²) in [7, 11) is 0. The van der Waals surface area contributed by atoms with Crippen LogP contribution in [-0.2, 0) is 0 Å². The maximum absolute atomic E-state index is 10.9. The van der Waals surface area contributed by atoms with E-state index in [0.717, 1.165) is 24.1 Å². The van der Waals surface area contributed by atoms with E-state index in [-0.39, 0.29) is 16.7 Å². The fourth-order valence-electron chi connectivity index (χ4n) is 2.21. The largest absolute Gasteiger partial charge is 0.378 e. The van der Waals surface area contributed by atoms with Gasteiger partial charge < -0.3 is 5.32 Å². The van der Waals surface area contributed by atoms with E-state index in [2.05, 4.69) is 34.8 Å². The van der Waals surface area contributed by atoms with Crippen LogP contribution >= 0.6 is 22.6 Å². The molecule has 0 bridgehead atoms. The SMILES string of the molecule is CCCC(Nc1ccc(I)cc1)c1cccc([N+](=O)[O-])c1. The van der Waals surface area contributed by atoms with Crippen LogP contribution < -0.4 is 5.32 Å². The van der Waals surface area contributed by atoms with Gasteiger partial charge in [0.25, 0.3) is 5.69 Å². The average Bonchev–Trinajstić information content (AvgIpc) is 2.49. The van der Waals surface area contributed by atoms with Crippen molar-refractivity contribution in [2.45, 2.75) is 25.8 Å². The van der Waals surface area contributed by atoms with Crippen molar-refractivity contribution in [3.8, 4) is 0 Å². The van der Waals surface area contributed by atoms with Gasteiger partial charge in [-0.2, -0.15) is 0 Å². The molecule has 0 saturated heterocycles. The average molecular weight is 396 g/mol. The quantitative estimate of drug-likeness (QED) is 0.417. The second-order valence-corrected chi connectivity index (χ2v) is 6.09. The molecule has 0 aliphatic heterocycles. The number of hydrogen-bond donors (Lipinski definition) is 1. The minimum Gasteiger partial charge on any atom is -0.378 e. The monoisotopic (exact) mass is 396 g/mol. The minimum atomic E-state index is -0.350. The molecule has 2 aromatic carbocycles. The molecule has 2 aromatic rings. The predicted octanol–water partition coefficient (Wildman–Crippen LogP) is 5.15. The molecule has 2 rings (SSSR count). The highest BCUT2D eigenvalue weighted by Crippen LogP contribution is 2.27. The van der Waals surface area contributed by atoms with Gasteiger partial charge in [-0.1, -0.05) is 25.5 Å². The van der Waals surface area contributed by atoms with Gasteiger partial charge in [0.05, 0.1) is 11.0 Å². The highest BCUT2D eigenvalue weighted by Gasteiger charge is 2.14. The number of rotatable bonds is 6. The molecule has 5 heteroatoms. The summed E-state index contributed by atoms with van der Waals surface area (Å²) in [5.41, 5.74) is 2.11. The Labute approximate surface area is 137 Å². The third-order valence-electron chi connectivity index (χ3n) is 3.25. The number of nitrogens with zero attached hydrogens (tertiary/aromatic N) is 1. The van der Waals surface area contributed by atoms with Crippen molar-refractivity contribution in [1.82, 2.24) is 0 Å². The Morgan fingerprint density at radius 1 is 1.24 bits per heavy atom. The number of halogens is 1. The number of hydrogen-bond acceptors (Lipinski definition) is 3. The Morgan fingerprint density at radius 3 is 2.57 bits per heavy atom. The van der Waals surface area contributed by atoms with E-state index in [1.54, 1.807) is 12.1 Å². The lowest BCUT2D eigenvalue weighted by atomic mass is 10.0. The molecular formula is C16H17IN2O2. The van der Waals surface area contributed by atoms with Gasteiger partial charge in [0, 0.05) is 21.4 Å². The fraction of sp³-hybridized carbons (Fsp3) is 0.250. The second-order valence-electron chi connectivity index (χ2n) is 4.84. The molecule has 0 aromatic heterocycles. The van der Waals surface area contributed by atoms with Crippen molar-refractivity contribution >= 4 is 34.0 Å². The first-order valence-corrected chi connectivity index (χ1v) is 7.94. The molecule has 0 aliphatic rings. The normalized spacial score (nSPS) is 11.9. The Balaban J connectivity index is 2.23. The van der Waals surface area contributed by atoms with Crippen molar-refractivity contribution < 1.29 is 4.92 Å². The summed E-state index contributed by atoms with van der Waals surface area (Å²) in [5, 5.41) is 14.4. The summed E-state index contributed by atoms with van der Waals surface area (Å²) < 4.78 is 1.18. The molecule has 0 saturated carbocycles.